The largest absolute Gasteiger partial charge is 0.457 e. The van der Waals surface area contributed by atoms with E-state index in [0.29, 0.717) is 17.1 Å². The lowest BCUT2D eigenvalue weighted by molar-refractivity contribution is -0.112. The zero-order chi connectivity index (χ0) is 21.5. The fourth-order valence-corrected chi connectivity index (χ4v) is 2.95. The number of aromatic nitrogens is 1. The van der Waals surface area contributed by atoms with Gasteiger partial charge in [-0.05, 0) is 48.5 Å². The van der Waals surface area contributed by atoms with Gasteiger partial charge in [-0.25, -0.2) is 0 Å². The first-order chi connectivity index (χ1) is 15.2. The molecule has 0 unspecified atom stereocenters. The summed E-state index contributed by atoms with van der Waals surface area (Å²) < 4.78 is 5.74. The van der Waals surface area contributed by atoms with Crippen LogP contribution in [0.2, 0.25) is 0 Å². The number of ether oxygens (including phenoxy) is 1. The minimum Gasteiger partial charge on any atom is -0.457 e. The number of nitrogens with zero attached hydrogens (tertiary/aromatic N) is 2. The van der Waals surface area contributed by atoms with Gasteiger partial charge in [-0.1, -0.05) is 36.4 Å². The summed E-state index contributed by atoms with van der Waals surface area (Å²) in [5.74, 6) is 0.855. The van der Waals surface area contributed by atoms with Crippen LogP contribution in [-0.4, -0.2) is 10.9 Å². The van der Waals surface area contributed by atoms with E-state index in [9.17, 15) is 10.1 Å². The molecule has 4 rings (SSSR count). The lowest BCUT2D eigenvalue weighted by Crippen LogP contribution is -2.14. The molecule has 0 aliphatic carbocycles. The first-order valence-corrected chi connectivity index (χ1v) is 9.58. The van der Waals surface area contributed by atoms with Gasteiger partial charge in [0.1, 0.15) is 23.1 Å². The SMILES string of the molecule is N#C/C(=C/Nc1cccc2cccnc12)C(=O)Nc1ccc(Oc2ccccc2)cc1. The number of benzene rings is 3. The molecular formula is C25H18N4O2. The second-order valence-electron chi connectivity index (χ2n) is 6.59. The molecule has 1 amide bonds. The van der Waals surface area contributed by atoms with E-state index in [1.54, 1.807) is 30.5 Å². The van der Waals surface area contributed by atoms with Gasteiger partial charge in [0.15, 0.2) is 0 Å². The third-order valence-corrected chi connectivity index (χ3v) is 4.46. The van der Waals surface area contributed by atoms with Crippen molar-refractivity contribution in [3.63, 3.8) is 0 Å². The summed E-state index contributed by atoms with van der Waals surface area (Å²) >= 11 is 0. The minimum absolute atomic E-state index is 0.0578. The van der Waals surface area contributed by atoms with Gasteiger partial charge in [-0.15, -0.1) is 0 Å². The lowest BCUT2D eigenvalue weighted by atomic mass is 10.2. The van der Waals surface area contributed by atoms with Gasteiger partial charge < -0.3 is 15.4 Å². The van der Waals surface area contributed by atoms with E-state index in [4.69, 9.17) is 4.74 Å². The number of nitriles is 1. The highest BCUT2D eigenvalue weighted by molar-refractivity contribution is 6.07. The highest BCUT2D eigenvalue weighted by atomic mass is 16.5. The molecule has 0 radical (unpaired) electrons. The molecule has 0 saturated carbocycles. The second kappa shape index (κ2) is 9.25. The average Bonchev–Trinajstić information content (AvgIpc) is 2.81. The van der Waals surface area contributed by atoms with Crippen molar-refractivity contribution in [1.82, 2.24) is 4.98 Å². The Kier molecular flexibility index (Phi) is 5.87. The van der Waals surface area contributed by atoms with Crippen LogP contribution in [0.4, 0.5) is 11.4 Å². The van der Waals surface area contributed by atoms with Crippen molar-refractivity contribution < 1.29 is 9.53 Å². The number of amides is 1. The smallest absolute Gasteiger partial charge is 0.267 e. The second-order valence-corrected chi connectivity index (χ2v) is 6.59. The third kappa shape index (κ3) is 4.86. The highest BCUT2D eigenvalue weighted by Gasteiger charge is 2.10. The highest BCUT2D eigenvalue weighted by Crippen LogP contribution is 2.23. The topological polar surface area (TPSA) is 87.0 Å². The van der Waals surface area contributed by atoms with Crippen molar-refractivity contribution >= 4 is 28.2 Å². The molecule has 0 bridgehead atoms. The van der Waals surface area contributed by atoms with Gasteiger partial charge in [-0.2, -0.15) is 5.26 Å². The van der Waals surface area contributed by atoms with Crippen LogP contribution in [0.25, 0.3) is 10.9 Å². The normalized spacial score (nSPS) is 10.9. The fourth-order valence-electron chi connectivity index (χ4n) is 2.95. The summed E-state index contributed by atoms with van der Waals surface area (Å²) in [6.45, 7) is 0. The molecule has 0 spiro atoms. The summed E-state index contributed by atoms with van der Waals surface area (Å²) in [4.78, 5) is 16.9. The third-order valence-electron chi connectivity index (χ3n) is 4.46. The number of carbonyl (C=O) groups is 1. The molecule has 3 aromatic carbocycles. The number of pyridine rings is 1. The van der Waals surface area contributed by atoms with Crippen LogP contribution in [0.3, 0.4) is 0 Å². The Labute approximate surface area is 179 Å². The van der Waals surface area contributed by atoms with Gasteiger partial charge in [0.05, 0.1) is 11.2 Å². The maximum atomic E-state index is 12.5. The zero-order valence-corrected chi connectivity index (χ0v) is 16.4. The number of carbonyl (C=O) groups excluding carboxylic acids is 1. The number of anilines is 2. The molecular weight excluding hydrogens is 388 g/mol. The summed E-state index contributed by atoms with van der Waals surface area (Å²) in [5, 5.41) is 16.1. The minimum atomic E-state index is -0.514. The van der Waals surface area contributed by atoms with Gasteiger partial charge in [0, 0.05) is 23.5 Å². The summed E-state index contributed by atoms with van der Waals surface area (Å²) in [7, 11) is 0. The maximum absolute atomic E-state index is 12.5. The van der Waals surface area contributed by atoms with Gasteiger partial charge in [-0.3, -0.25) is 9.78 Å². The van der Waals surface area contributed by atoms with Gasteiger partial charge in [0.2, 0.25) is 0 Å². The van der Waals surface area contributed by atoms with Gasteiger partial charge >= 0.3 is 0 Å². The van der Waals surface area contributed by atoms with Crippen molar-refractivity contribution in [1.29, 1.82) is 5.26 Å². The molecule has 6 heteroatoms. The van der Waals surface area contributed by atoms with E-state index < -0.39 is 5.91 Å². The predicted octanol–water partition coefficient (Wildman–Crippen LogP) is 5.49. The molecule has 0 aliphatic rings. The van der Waals surface area contributed by atoms with E-state index in [1.165, 1.54) is 6.20 Å². The van der Waals surface area contributed by atoms with Crippen molar-refractivity contribution in [2.75, 3.05) is 10.6 Å². The van der Waals surface area contributed by atoms with Crippen molar-refractivity contribution in [3.05, 3.63) is 103 Å². The number of nitrogens with one attached hydrogen (secondary N) is 2. The Balaban J connectivity index is 1.43. The lowest BCUT2D eigenvalue weighted by Gasteiger charge is -2.08. The number of fused-ring (bicyclic) bond motifs is 1. The van der Waals surface area contributed by atoms with E-state index in [1.807, 2.05) is 66.7 Å². The van der Waals surface area contributed by atoms with Crippen molar-refractivity contribution in [2.45, 2.75) is 0 Å². The number of hydrogen-bond donors (Lipinski definition) is 2. The van der Waals surface area contributed by atoms with Gasteiger partial charge in [0.25, 0.3) is 5.91 Å². The molecule has 31 heavy (non-hydrogen) atoms. The van der Waals surface area contributed by atoms with Crippen molar-refractivity contribution in [2.24, 2.45) is 0 Å². The molecule has 0 fully saturated rings. The average molecular weight is 406 g/mol. The molecule has 2 N–H and O–H groups in total. The number of rotatable bonds is 6. The van der Waals surface area contributed by atoms with E-state index >= 15 is 0 Å². The van der Waals surface area contributed by atoms with Crippen LogP contribution >= 0.6 is 0 Å². The van der Waals surface area contributed by atoms with Crippen molar-refractivity contribution in [3.8, 4) is 17.6 Å². The van der Waals surface area contributed by atoms with E-state index in [2.05, 4.69) is 15.6 Å². The summed E-state index contributed by atoms with van der Waals surface area (Å²) in [6, 6.07) is 27.7. The van der Waals surface area contributed by atoms with Crippen LogP contribution < -0.4 is 15.4 Å². The first-order valence-electron chi connectivity index (χ1n) is 9.58. The molecule has 0 saturated heterocycles. The maximum Gasteiger partial charge on any atom is 0.267 e. The van der Waals surface area contributed by atoms with Crippen LogP contribution in [0.1, 0.15) is 0 Å². The Morgan fingerprint density at radius 1 is 0.903 bits per heavy atom. The predicted molar refractivity (Wildman–Crippen MR) is 121 cm³/mol. The van der Waals surface area contributed by atoms with E-state index in [-0.39, 0.29) is 5.57 Å². The molecule has 6 nitrogen and oxygen atoms in total. The molecule has 4 aromatic rings. The number of para-hydroxylation sites is 2. The standard InChI is InChI=1S/C25H18N4O2/c26-16-19(17-28-23-10-4-6-18-7-5-15-27-24(18)23)25(30)29-20-11-13-22(14-12-20)31-21-8-2-1-3-9-21/h1-15,17,28H,(H,29,30)/b19-17-. The monoisotopic (exact) mass is 406 g/mol. The molecule has 0 atom stereocenters. The first kappa shape index (κ1) is 19.7. The molecule has 1 heterocycles. The van der Waals surface area contributed by atoms with E-state index in [0.717, 1.165) is 16.7 Å². The molecule has 1 aromatic heterocycles. The molecule has 0 aliphatic heterocycles. The quantitative estimate of drug-likeness (QED) is 0.327. The zero-order valence-electron chi connectivity index (χ0n) is 16.4. The van der Waals surface area contributed by atoms with Crippen LogP contribution in [-0.2, 0) is 4.79 Å². The fraction of sp³-hybridized carbons (Fsp3) is 0. The summed E-state index contributed by atoms with van der Waals surface area (Å²) in [6.07, 6.45) is 3.08. The Hall–Kier alpha value is -4.63. The summed E-state index contributed by atoms with van der Waals surface area (Å²) in [5.41, 5.74) is 1.96. The van der Waals surface area contributed by atoms with Crippen LogP contribution in [0, 0.1) is 11.3 Å². The van der Waals surface area contributed by atoms with Crippen LogP contribution in [0.5, 0.6) is 11.5 Å². The van der Waals surface area contributed by atoms with Crippen LogP contribution in [0.15, 0.2) is 103 Å². The Morgan fingerprint density at radius 2 is 1.65 bits per heavy atom. The Morgan fingerprint density at radius 3 is 2.42 bits per heavy atom. The molecule has 150 valence electrons. The Bertz CT molecular complexity index is 1270. The number of hydrogen-bond acceptors (Lipinski definition) is 5.